The van der Waals surface area contributed by atoms with Gasteiger partial charge < -0.3 is 4.74 Å². The molecule has 2 amide bonds. The maximum atomic E-state index is 13.4. The first kappa shape index (κ1) is 16.8. The van der Waals surface area contributed by atoms with Gasteiger partial charge in [-0.2, -0.15) is 0 Å². The highest BCUT2D eigenvalue weighted by Crippen LogP contribution is 2.22. The van der Waals surface area contributed by atoms with E-state index in [0.29, 0.717) is 16.3 Å². The van der Waals surface area contributed by atoms with Crippen LogP contribution in [0.1, 0.15) is 26.3 Å². The maximum Gasteiger partial charge on any atom is 0.273 e. The number of amides is 2. The monoisotopic (exact) mass is 336 g/mol. The van der Waals surface area contributed by atoms with Crippen molar-refractivity contribution < 1.29 is 18.7 Å². The first-order chi connectivity index (χ1) is 10.9. The van der Waals surface area contributed by atoms with E-state index in [2.05, 4.69) is 10.9 Å². The molecule has 2 N–H and O–H groups in total. The first-order valence-corrected chi connectivity index (χ1v) is 7.00. The number of carbonyl (C=O) groups excluding carboxylic acids is 2. The molecule has 0 heterocycles. The predicted molar refractivity (Wildman–Crippen MR) is 84.1 cm³/mol. The molecule has 0 aromatic heterocycles. The molecule has 0 unspecified atom stereocenters. The Morgan fingerprint density at radius 2 is 1.78 bits per heavy atom. The number of halogens is 2. The minimum Gasteiger partial charge on any atom is -0.496 e. The molecule has 2 aromatic carbocycles. The molecule has 23 heavy (non-hydrogen) atoms. The third kappa shape index (κ3) is 3.98. The number of hydrogen-bond donors (Lipinski definition) is 2. The summed E-state index contributed by atoms with van der Waals surface area (Å²) in [5.41, 5.74) is 5.12. The number of ether oxygens (including phenoxy) is 1. The van der Waals surface area contributed by atoms with Crippen molar-refractivity contribution in [1.29, 1.82) is 0 Å². The lowest BCUT2D eigenvalue weighted by Crippen LogP contribution is -2.41. The van der Waals surface area contributed by atoms with Crippen molar-refractivity contribution >= 4 is 23.4 Å². The number of methoxy groups -OCH3 is 1. The summed E-state index contributed by atoms with van der Waals surface area (Å²) in [5.74, 6) is -1.44. The highest BCUT2D eigenvalue weighted by Gasteiger charge is 2.14. The van der Waals surface area contributed by atoms with Crippen molar-refractivity contribution in [2.45, 2.75) is 6.92 Å². The molecule has 0 aliphatic heterocycles. The highest BCUT2D eigenvalue weighted by molar-refractivity contribution is 6.31. The Hall–Kier alpha value is -2.60. The van der Waals surface area contributed by atoms with E-state index in [1.165, 1.54) is 31.4 Å². The average molecular weight is 337 g/mol. The van der Waals surface area contributed by atoms with E-state index in [0.717, 1.165) is 6.07 Å². The van der Waals surface area contributed by atoms with Crippen molar-refractivity contribution in [2.75, 3.05) is 7.11 Å². The van der Waals surface area contributed by atoms with E-state index in [-0.39, 0.29) is 11.1 Å². The molecule has 0 aliphatic rings. The third-order valence-corrected chi connectivity index (χ3v) is 3.36. The van der Waals surface area contributed by atoms with Crippen LogP contribution in [0.15, 0.2) is 36.4 Å². The Morgan fingerprint density at radius 1 is 1.09 bits per heavy atom. The van der Waals surface area contributed by atoms with Crippen LogP contribution in [0.5, 0.6) is 5.75 Å². The van der Waals surface area contributed by atoms with Crippen molar-refractivity contribution in [3.05, 3.63) is 63.9 Å². The summed E-state index contributed by atoms with van der Waals surface area (Å²) in [7, 11) is 1.41. The summed E-state index contributed by atoms with van der Waals surface area (Å²) < 4.78 is 18.5. The van der Waals surface area contributed by atoms with E-state index in [9.17, 15) is 14.0 Å². The van der Waals surface area contributed by atoms with Crippen LogP contribution < -0.4 is 15.6 Å². The molecule has 2 aromatic rings. The fourth-order valence-corrected chi connectivity index (χ4v) is 2.02. The Kier molecular flexibility index (Phi) is 5.18. The van der Waals surface area contributed by atoms with Crippen LogP contribution in [-0.2, 0) is 0 Å². The topological polar surface area (TPSA) is 67.4 Å². The standard InChI is InChI=1S/C16H14ClFN2O3/c1-9-3-4-10(7-13(9)18)15(21)19-20-16(22)12-8-11(17)5-6-14(12)23-2/h3-8H,1-2H3,(H,19,21)(H,20,22). The summed E-state index contributed by atoms with van der Waals surface area (Å²) in [6.07, 6.45) is 0. The second kappa shape index (κ2) is 7.11. The van der Waals surface area contributed by atoms with E-state index in [1.54, 1.807) is 13.0 Å². The molecule has 7 heteroatoms. The molecule has 0 fully saturated rings. The molecule has 0 aliphatic carbocycles. The fourth-order valence-electron chi connectivity index (χ4n) is 1.84. The second-order valence-corrected chi connectivity index (χ2v) is 5.15. The van der Waals surface area contributed by atoms with Gasteiger partial charge in [-0.05, 0) is 42.8 Å². The number of benzene rings is 2. The molecule has 0 spiro atoms. The number of hydrogen-bond acceptors (Lipinski definition) is 3. The fraction of sp³-hybridized carbons (Fsp3) is 0.125. The summed E-state index contributed by atoms with van der Waals surface area (Å²) in [6.45, 7) is 1.59. The first-order valence-electron chi connectivity index (χ1n) is 6.62. The van der Waals surface area contributed by atoms with E-state index < -0.39 is 17.6 Å². The van der Waals surface area contributed by atoms with Gasteiger partial charge in [0, 0.05) is 10.6 Å². The Balaban J connectivity index is 2.08. The number of rotatable bonds is 3. The molecule has 120 valence electrons. The van der Waals surface area contributed by atoms with Crippen LogP contribution in [0.4, 0.5) is 4.39 Å². The van der Waals surface area contributed by atoms with E-state index in [1.807, 2.05) is 0 Å². The molecular weight excluding hydrogens is 323 g/mol. The lowest BCUT2D eigenvalue weighted by Gasteiger charge is -2.11. The molecule has 0 atom stereocenters. The van der Waals surface area contributed by atoms with Crippen LogP contribution >= 0.6 is 11.6 Å². The molecule has 5 nitrogen and oxygen atoms in total. The number of carbonyl (C=O) groups is 2. The SMILES string of the molecule is COc1ccc(Cl)cc1C(=O)NNC(=O)c1ccc(C)c(F)c1. The largest absolute Gasteiger partial charge is 0.496 e. The van der Waals surface area contributed by atoms with Gasteiger partial charge in [-0.1, -0.05) is 17.7 Å². The van der Waals surface area contributed by atoms with Crippen LogP contribution in [-0.4, -0.2) is 18.9 Å². The van der Waals surface area contributed by atoms with Crippen molar-refractivity contribution in [3.8, 4) is 5.75 Å². The lowest BCUT2D eigenvalue weighted by atomic mass is 10.1. The van der Waals surface area contributed by atoms with Crippen LogP contribution in [0.2, 0.25) is 5.02 Å². The highest BCUT2D eigenvalue weighted by atomic mass is 35.5. The van der Waals surface area contributed by atoms with E-state index >= 15 is 0 Å². The van der Waals surface area contributed by atoms with Crippen molar-refractivity contribution in [2.24, 2.45) is 0 Å². The van der Waals surface area contributed by atoms with Gasteiger partial charge in [-0.25, -0.2) is 4.39 Å². The number of aryl methyl sites for hydroxylation is 1. The lowest BCUT2D eigenvalue weighted by molar-refractivity contribution is 0.0844. The zero-order chi connectivity index (χ0) is 17.0. The third-order valence-electron chi connectivity index (χ3n) is 3.13. The van der Waals surface area contributed by atoms with Gasteiger partial charge >= 0.3 is 0 Å². The van der Waals surface area contributed by atoms with Gasteiger partial charge in [0.25, 0.3) is 11.8 Å². The molecule has 2 rings (SSSR count). The van der Waals surface area contributed by atoms with Gasteiger partial charge in [0.2, 0.25) is 0 Å². The molecular formula is C16H14ClFN2O3. The zero-order valence-corrected chi connectivity index (χ0v) is 13.2. The molecule has 0 saturated heterocycles. The average Bonchev–Trinajstić information content (AvgIpc) is 2.54. The van der Waals surface area contributed by atoms with Crippen molar-refractivity contribution in [1.82, 2.24) is 10.9 Å². The Bertz CT molecular complexity index is 765. The van der Waals surface area contributed by atoms with Gasteiger partial charge in [-0.3, -0.25) is 20.4 Å². The van der Waals surface area contributed by atoms with Gasteiger partial charge in [0.1, 0.15) is 11.6 Å². The zero-order valence-electron chi connectivity index (χ0n) is 12.4. The minimum atomic E-state index is -0.641. The van der Waals surface area contributed by atoms with Gasteiger partial charge in [-0.15, -0.1) is 0 Å². The van der Waals surface area contributed by atoms with Gasteiger partial charge in [0.05, 0.1) is 12.7 Å². The number of hydrazine groups is 1. The quantitative estimate of drug-likeness (QED) is 0.847. The Morgan fingerprint density at radius 3 is 2.43 bits per heavy atom. The summed E-state index contributed by atoms with van der Waals surface area (Å²) in [5, 5.41) is 0.350. The second-order valence-electron chi connectivity index (χ2n) is 4.72. The molecule has 0 radical (unpaired) electrons. The van der Waals surface area contributed by atoms with Crippen LogP contribution in [0.25, 0.3) is 0 Å². The minimum absolute atomic E-state index is 0.0893. The van der Waals surface area contributed by atoms with Crippen molar-refractivity contribution in [3.63, 3.8) is 0 Å². The molecule has 0 bridgehead atoms. The summed E-state index contributed by atoms with van der Waals surface area (Å²) in [4.78, 5) is 24.0. The van der Waals surface area contributed by atoms with Crippen LogP contribution in [0, 0.1) is 12.7 Å². The van der Waals surface area contributed by atoms with E-state index in [4.69, 9.17) is 16.3 Å². The number of nitrogens with one attached hydrogen (secondary N) is 2. The van der Waals surface area contributed by atoms with Crippen LogP contribution in [0.3, 0.4) is 0 Å². The molecule has 0 saturated carbocycles. The smallest absolute Gasteiger partial charge is 0.273 e. The maximum absolute atomic E-state index is 13.4. The summed E-state index contributed by atoms with van der Waals surface area (Å²) in [6, 6.07) is 8.55. The normalized spacial score (nSPS) is 10.1. The van der Waals surface area contributed by atoms with Gasteiger partial charge in [0.15, 0.2) is 0 Å². The Labute approximate surface area is 137 Å². The summed E-state index contributed by atoms with van der Waals surface area (Å²) >= 11 is 5.84. The predicted octanol–water partition coefficient (Wildman–Crippen LogP) is 2.87.